The summed E-state index contributed by atoms with van der Waals surface area (Å²) >= 11 is 6.24. The number of carbonyl (C=O) groups excluding carboxylic acids is 1. The summed E-state index contributed by atoms with van der Waals surface area (Å²) in [6.07, 6.45) is 1.60. The lowest BCUT2D eigenvalue weighted by molar-refractivity contribution is -0.385. The normalized spacial score (nSPS) is 15.0. The molecule has 1 N–H and O–H groups in total. The van der Waals surface area contributed by atoms with Crippen LogP contribution in [0.1, 0.15) is 24.0 Å². The monoisotopic (exact) mass is 536 g/mol. The van der Waals surface area contributed by atoms with Gasteiger partial charge in [0, 0.05) is 24.6 Å². The van der Waals surface area contributed by atoms with E-state index in [2.05, 4.69) is 0 Å². The van der Waals surface area contributed by atoms with Crippen molar-refractivity contribution in [1.82, 2.24) is 4.90 Å². The Morgan fingerprint density at radius 1 is 1.29 bits per heavy atom. The van der Waals surface area contributed by atoms with Crippen LogP contribution in [0.15, 0.2) is 52.3 Å². The molecule has 0 radical (unpaired) electrons. The summed E-state index contributed by atoms with van der Waals surface area (Å²) in [5.74, 6) is -1.92. The number of benzene rings is 2. The first-order valence-electron chi connectivity index (χ1n) is 10.1. The van der Waals surface area contributed by atoms with Crippen molar-refractivity contribution in [2.45, 2.75) is 23.5 Å². The molecule has 3 rings (SSSR count). The summed E-state index contributed by atoms with van der Waals surface area (Å²) in [4.78, 5) is 35.8. The van der Waals surface area contributed by atoms with Crippen LogP contribution < -0.4 is 4.74 Å². The molecular weight excluding hydrogens is 516 g/mol. The van der Waals surface area contributed by atoms with Crippen molar-refractivity contribution in [2.75, 3.05) is 13.7 Å². The molecule has 0 atom stereocenters. The zero-order chi connectivity index (χ0) is 25.8. The van der Waals surface area contributed by atoms with E-state index in [0.29, 0.717) is 5.56 Å². The molecule has 2 aromatic carbocycles. The molecular formula is C22H20N2O8S3. The minimum Gasteiger partial charge on any atom is -0.495 e. The van der Waals surface area contributed by atoms with Crippen LogP contribution in [-0.4, -0.2) is 53.2 Å². The van der Waals surface area contributed by atoms with Gasteiger partial charge in [-0.05, 0) is 42.3 Å². The number of thioether (sulfide) groups is 1. The fourth-order valence-electron chi connectivity index (χ4n) is 3.38. The van der Waals surface area contributed by atoms with Crippen molar-refractivity contribution in [1.29, 1.82) is 0 Å². The fourth-order valence-corrected chi connectivity index (χ4v) is 6.23. The Bertz CT molecular complexity index is 1340. The molecule has 0 aliphatic carbocycles. The first-order valence-corrected chi connectivity index (χ1v) is 13.0. The van der Waals surface area contributed by atoms with Crippen molar-refractivity contribution in [2.24, 2.45) is 0 Å². The van der Waals surface area contributed by atoms with Gasteiger partial charge >= 0.3 is 5.97 Å². The molecule has 13 heteroatoms. The van der Waals surface area contributed by atoms with Gasteiger partial charge in [0.1, 0.15) is 15.0 Å². The second kappa shape index (κ2) is 11.0. The van der Waals surface area contributed by atoms with Gasteiger partial charge < -0.3 is 9.84 Å². The summed E-state index contributed by atoms with van der Waals surface area (Å²) in [7, 11) is -2.67. The number of ether oxygens (including phenoxy) is 1. The van der Waals surface area contributed by atoms with Crippen LogP contribution in [0.2, 0.25) is 0 Å². The van der Waals surface area contributed by atoms with Crippen molar-refractivity contribution >= 4 is 61.8 Å². The molecule has 0 saturated carbocycles. The molecule has 0 aromatic heterocycles. The number of methoxy groups -OCH3 is 1. The molecule has 184 valence electrons. The fraction of sp³-hybridized carbons (Fsp3) is 0.227. The number of thiocarbonyl (C=S) groups is 1. The van der Waals surface area contributed by atoms with E-state index in [1.54, 1.807) is 6.07 Å². The first kappa shape index (κ1) is 26.3. The number of sulfone groups is 1. The average Bonchev–Trinajstić information content (AvgIpc) is 3.05. The van der Waals surface area contributed by atoms with E-state index in [1.807, 2.05) is 0 Å². The minimum atomic E-state index is -4.00. The number of carboxylic acid groups (broad SMARTS) is 1. The number of carboxylic acids is 1. The number of nitro groups is 1. The predicted molar refractivity (Wildman–Crippen MR) is 134 cm³/mol. The molecule has 1 saturated heterocycles. The maximum atomic E-state index is 13.1. The molecule has 1 aliphatic heterocycles. The van der Waals surface area contributed by atoms with E-state index < -0.39 is 32.4 Å². The van der Waals surface area contributed by atoms with Crippen LogP contribution in [0, 0.1) is 10.1 Å². The van der Waals surface area contributed by atoms with Gasteiger partial charge in [-0.3, -0.25) is 24.6 Å². The van der Waals surface area contributed by atoms with Gasteiger partial charge in [-0.1, -0.05) is 36.1 Å². The maximum Gasteiger partial charge on any atom is 0.303 e. The molecule has 1 aliphatic rings. The number of nitro benzene ring substituents is 1. The van der Waals surface area contributed by atoms with Gasteiger partial charge in [0.2, 0.25) is 0 Å². The molecule has 1 amide bonds. The van der Waals surface area contributed by atoms with Crippen molar-refractivity contribution in [3.8, 4) is 5.75 Å². The van der Waals surface area contributed by atoms with Crippen molar-refractivity contribution < 1.29 is 32.8 Å². The first-order chi connectivity index (χ1) is 16.5. The van der Waals surface area contributed by atoms with Gasteiger partial charge in [0.15, 0.2) is 9.84 Å². The van der Waals surface area contributed by atoms with Gasteiger partial charge in [-0.15, -0.1) is 0 Å². The van der Waals surface area contributed by atoms with E-state index >= 15 is 0 Å². The minimum absolute atomic E-state index is 0.0495. The smallest absolute Gasteiger partial charge is 0.303 e. The molecule has 35 heavy (non-hydrogen) atoms. The number of aliphatic carboxylic acids is 1. The van der Waals surface area contributed by atoms with E-state index in [0.717, 1.165) is 11.8 Å². The number of para-hydroxylation sites is 1. The SMILES string of the molecule is COc1ccccc1S(=O)(=O)Cc1cc(/C=C2\SC(=S)N(CCCC(=O)O)C2=O)ccc1[N+](=O)[O-]. The molecule has 1 heterocycles. The van der Waals surface area contributed by atoms with Crippen LogP contribution in [0.25, 0.3) is 6.08 Å². The third-order valence-electron chi connectivity index (χ3n) is 4.99. The maximum absolute atomic E-state index is 13.1. The molecule has 10 nitrogen and oxygen atoms in total. The zero-order valence-electron chi connectivity index (χ0n) is 18.4. The van der Waals surface area contributed by atoms with Crippen LogP contribution in [0.3, 0.4) is 0 Å². The summed E-state index contributed by atoms with van der Waals surface area (Å²) in [6.45, 7) is 0.150. The Morgan fingerprint density at radius 3 is 2.66 bits per heavy atom. The molecule has 0 unspecified atom stereocenters. The largest absolute Gasteiger partial charge is 0.495 e. The quantitative estimate of drug-likeness (QED) is 0.207. The average molecular weight is 537 g/mol. The lowest BCUT2D eigenvalue weighted by Gasteiger charge is -2.13. The summed E-state index contributed by atoms with van der Waals surface area (Å²) in [6, 6.07) is 9.93. The molecule has 2 aromatic rings. The summed E-state index contributed by atoms with van der Waals surface area (Å²) in [5, 5.41) is 20.3. The van der Waals surface area contributed by atoms with Crippen LogP contribution in [0.5, 0.6) is 5.75 Å². The highest BCUT2D eigenvalue weighted by atomic mass is 32.2. The summed E-state index contributed by atoms with van der Waals surface area (Å²) < 4.78 is 31.5. The Labute approximate surface area is 210 Å². The number of hydrogen-bond donors (Lipinski definition) is 1. The van der Waals surface area contributed by atoms with Crippen molar-refractivity contribution in [3.63, 3.8) is 0 Å². The number of hydrogen-bond acceptors (Lipinski definition) is 9. The molecule has 1 fully saturated rings. The number of nitrogens with zero attached hydrogens (tertiary/aromatic N) is 2. The highest BCUT2D eigenvalue weighted by Crippen LogP contribution is 2.34. The van der Waals surface area contributed by atoms with Crippen LogP contribution in [0.4, 0.5) is 5.69 Å². The highest BCUT2D eigenvalue weighted by Gasteiger charge is 2.32. The summed E-state index contributed by atoms with van der Waals surface area (Å²) in [5.41, 5.74) is -0.0414. The Hall–Kier alpha value is -3.29. The standard InChI is InChI=1S/C22H20N2O8S3/c1-32-17-5-2-3-6-19(17)35(30,31)13-15-11-14(8-9-16(15)24(28)29)12-18-21(27)23(22(33)34-18)10-4-7-20(25)26/h2-3,5-6,8-9,11-12H,4,7,10,13H2,1H3,(H,25,26)/b18-12-. The number of amides is 1. The third-order valence-corrected chi connectivity index (χ3v) is 8.07. The highest BCUT2D eigenvalue weighted by molar-refractivity contribution is 8.26. The van der Waals surface area contributed by atoms with Gasteiger partial charge in [-0.25, -0.2) is 8.42 Å². The Balaban J connectivity index is 1.92. The van der Waals surface area contributed by atoms with E-state index in [1.165, 1.54) is 54.5 Å². The zero-order valence-corrected chi connectivity index (χ0v) is 20.8. The van der Waals surface area contributed by atoms with Crippen LogP contribution >= 0.6 is 24.0 Å². The van der Waals surface area contributed by atoms with E-state index in [9.17, 15) is 28.1 Å². The topological polar surface area (TPSA) is 144 Å². The van der Waals surface area contributed by atoms with Gasteiger partial charge in [0.25, 0.3) is 11.6 Å². The Morgan fingerprint density at radius 2 is 2.00 bits per heavy atom. The Kier molecular flexibility index (Phi) is 8.25. The molecule has 0 spiro atoms. The van der Waals surface area contributed by atoms with Crippen molar-refractivity contribution in [3.05, 3.63) is 68.6 Å². The van der Waals surface area contributed by atoms with E-state index in [4.69, 9.17) is 22.1 Å². The lowest BCUT2D eigenvalue weighted by atomic mass is 10.1. The van der Waals surface area contributed by atoms with Gasteiger partial charge in [0.05, 0.1) is 22.7 Å². The number of carbonyl (C=O) groups is 2. The number of rotatable bonds is 10. The second-order valence-electron chi connectivity index (χ2n) is 7.39. The molecule has 0 bridgehead atoms. The third kappa shape index (κ3) is 6.24. The van der Waals surface area contributed by atoms with E-state index in [-0.39, 0.29) is 50.5 Å². The second-order valence-corrected chi connectivity index (χ2v) is 11.0. The van der Waals surface area contributed by atoms with Crippen LogP contribution in [-0.2, 0) is 25.2 Å². The van der Waals surface area contributed by atoms with Gasteiger partial charge in [-0.2, -0.15) is 0 Å². The lowest BCUT2D eigenvalue weighted by Crippen LogP contribution is -2.29. The predicted octanol–water partition coefficient (Wildman–Crippen LogP) is 3.64.